The van der Waals surface area contributed by atoms with Crippen molar-refractivity contribution in [2.45, 2.75) is 32.2 Å². The van der Waals surface area contributed by atoms with Gasteiger partial charge in [0.05, 0.1) is 7.11 Å². The van der Waals surface area contributed by atoms with Crippen molar-refractivity contribution in [2.24, 2.45) is 5.73 Å². The van der Waals surface area contributed by atoms with Crippen molar-refractivity contribution in [2.75, 3.05) is 13.7 Å². The van der Waals surface area contributed by atoms with Crippen LogP contribution in [0.15, 0.2) is 24.3 Å². The average Bonchev–Trinajstić information content (AvgIpc) is 2.41. The third kappa shape index (κ3) is 7.68. The van der Waals surface area contributed by atoms with Crippen LogP contribution in [0.4, 0.5) is 0 Å². The fraction of sp³-hybridized carbons (Fsp3) is 0.467. The Balaban J connectivity index is 0.00000400. The van der Waals surface area contributed by atoms with Crippen molar-refractivity contribution in [3.63, 3.8) is 0 Å². The minimum atomic E-state index is -0.449. The number of hydrogen-bond donors (Lipinski definition) is 2. The van der Waals surface area contributed by atoms with E-state index in [1.165, 1.54) is 0 Å². The molecule has 5 nitrogen and oxygen atoms in total. The Morgan fingerprint density at radius 1 is 1.19 bits per heavy atom. The van der Waals surface area contributed by atoms with Gasteiger partial charge >= 0.3 is 0 Å². The second-order valence-electron chi connectivity index (χ2n) is 5.42. The van der Waals surface area contributed by atoms with Gasteiger partial charge in [-0.2, -0.15) is 0 Å². The molecule has 0 atom stereocenters. The van der Waals surface area contributed by atoms with Gasteiger partial charge in [-0.25, -0.2) is 0 Å². The lowest BCUT2D eigenvalue weighted by molar-refractivity contribution is -0.121. The largest absolute Gasteiger partial charge is 0.497 e. The van der Waals surface area contributed by atoms with Crippen LogP contribution in [0.3, 0.4) is 0 Å². The van der Waals surface area contributed by atoms with Crippen molar-refractivity contribution in [1.82, 2.24) is 5.32 Å². The van der Waals surface area contributed by atoms with Crippen molar-refractivity contribution >= 4 is 24.1 Å². The number of carbonyl (C=O) groups is 2. The number of hydrogen-bond acceptors (Lipinski definition) is 4. The molecule has 0 aliphatic rings. The highest BCUT2D eigenvalue weighted by atomic mass is 35.5. The summed E-state index contributed by atoms with van der Waals surface area (Å²) in [6.45, 7) is 4.05. The van der Waals surface area contributed by atoms with Gasteiger partial charge in [0.2, 0.25) is 5.91 Å². The first-order valence-corrected chi connectivity index (χ1v) is 6.54. The normalized spacial score (nSPS) is 10.5. The second-order valence-corrected chi connectivity index (χ2v) is 5.42. The predicted octanol–water partition coefficient (Wildman–Crippen LogP) is 1.93. The molecule has 0 saturated carbocycles. The molecule has 0 spiro atoms. The highest BCUT2D eigenvalue weighted by Gasteiger charge is 2.13. The van der Waals surface area contributed by atoms with Crippen LogP contribution in [-0.4, -0.2) is 30.9 Å². The number of methoxy groups -OCH3 is 1. The predicted molar refractivity (Wildman–Crippen MR) is 85.1 cm³/mol. The minimum Gasteiger partial charge on any atom is -0.497 e. The Bertz CT molecular complexity index is 467. The molecule has 0 radical (unpaired) electrons. The molecule has 0 aliphatic carbocycles. The summed E-state index contributed by atoms with van der Waals surface area (Å²) in [4.78, 5) is 23.5. The van der Waals surface area contributed by atoms with Crippen molar-refractivity contribution in [3.8, 4) is 5.75 Å². The second kappa shape index (κ2) is 8.64. The van der Waals surface area contributed by atoms with Gasteiger partial charge in [-0.1, -0.05) is 0 Å². The first-order chi connectivity index (χ1) is 9.31. The van der Waals surface area contributed by atoms with E-state index in [9.17, 15) is 9.59 Å². The monoisotopic (exact) mass is 314 g/mol. The molecule has 0 aliphatic heterocycles. The lowest BCUT2D eigenvalue weighted by Crippen LogP contribution is -2.45. The number of carbonyl (C=O) groups excluding carboxylic acids is 2. The van der Waals surface area contributed by atoms with Gasteiger partial charge in [-0.05, 0) is 38.1 Å². The van der Waals surface area contributed by atoms with E-state index in [0.29, 0.717) is 17.9 Å². The molecule has 1 aromatic rings. The third-order valence-electron chi connectivity index (χ3n) is 2.73. The summed E-state index contributed by atoms with van der Waals surface area (Å²) in [5.41, 5.74) is 5.90. The first-order valence-electron chi connectivity index (χ1n) is 6.54. The highest BCUT2D eigenvalue weighted by molar-refractivity contribution is 5.98. The summed E-state index contributed by atoms with van der Waals surface area (Å²) in [6.07, 6.45) is 0.351. The molecule has 3 N–H and O–H groups in total. The molecule has 0 bridgehead atoms. The summed E-state index contributed by atoms with van der Waals surface area (Å²) in [7, 11) is 1.57. The quantitative estimate of drug-likeness (QED) is 0.754. The lowest BCUT2D eigenvalue weighted by Gasteiger charge is -2.18. The number of ketones is 1. The van der Waals surface area contributed by atoms with Crippen LogP contribution in [0.5, 0.6) is 5.75 Å². The Kier molecular flexibility index (Phi) is 7.99. The zero-order valence-electron chi connectivity index (χ0n) is 12.6. The van der Waals surface area contributed by atoms with E-state index in [4.69, 9.17) is 10.5 Å². The zero-order chi connectivity index (χ0) is 15.2. The van der Waals surface area contributed by atoms with Gasteiger partial charge in [0.1, 0.15) is 5.75 Å². The van der Waals surface area contributed by atoms with Crippen LogP contribution in [0, 0.1) is 0 Å². The number of halogens is 1. The zero-order valence-corrected chi connectivity index (χ0v) is 13.5. The summed E-state index contributed by atoms with van der Waals surface area (Å²) in [5, 5.41) is 2.71. The number of Topliss-reactive ketones (excluding diaryl/α,β-unsaturated/α-hetero) is 1. The van der Waals surface area contributed by atoms with Crippen molar-refractivity contribution in [3.05, 3.63) is 29.8 Å². The number of rotatable bonds is 7. The van der Waals surface area contributed by atoms with Gasteiger partial charge < -0.3 is 15.8 Å². The number of nitrogens with one attached hydrogen (secondary N) is 1. The van der Waals surface area contributed by atoms with E-state index in [2.05, 4.69) is 5.32 Å². The summed E-state index contributed by atoms with van der Waals surface area (Å²) in [6, 6.07) is 6.85. The van der Waals surface area contributed by atoms with E-state index in [-0.39, 0.29) is 36.9 Å². The highest BCUT2D eigenvalue weighted by Crippen LogP contribution is 2.13. The molecule has 0 saturated heterocycles. The number of amides is 1. The lowest BCUT2D eigenvalue weighted by atomic mass is 10.1. The molecule has 0 fully saturated rings. The van der Waals surface area contributed by atoms with E-state index in [0.717, 1.165) is 0 Å². The van der Waals surface area contributed by atoms with E-state index in [1.54, 1.807) is 31.4 Å². The van der Waals surface area contributed by atoms with E-state index in [1.807, 2.05) is 13.8 Å². The Morgan fingerprint density at radius 2 is 1.76 bits per heavy atom. The molecular formula is C15H23ClN2O3. The first kappa shape index (κ1) is 19.4. The maximum atomic E-state index is 11.9. The van der Waals surface area contributed by atoms with Crippen LogP contribution >= 0.6 is 12.4 Å². The number of ether oxygens (including phenoxy) is 1. The summed E-state index contributed by atoms with van der Waals surface area (Å²) >= 11 is 0. The van der Waals surface area contributed by atoms with Gasteiger partial charge in [-0.3, -0.25) is 9.59 Å². The topological polar surface area (TPSA) is 81.4 Å². The standard InChI is InChI=1S/C15H22N2O3.ClH/c1-15(2,16)10-17-14(19)9-8-13(18)11-4-6-12(20-3)7-5-11;/h4-7H,8-10,16H2,1-3H3,(H,17,19);1H. The molecule has 21 heavy (non-hydrogen) atoms. The Labute approximate surface area is 131 Å². The van der Waals surface area contributed by atoms with Crippen LogP contribution in [-0.2, 0) is 4.79 Å². The molecule has 0 heterocycles. The van der Waals surface area contributed by atoms with Gasteiger partial charge in [-0.15, -0.1) is 12.4 Å². The fourth-order valence-corrected chi connectivity index (χ4v) is 1.56. The number of nitrogens with two attached hydrogens (primary N) is 1. The average molecular weight is 315 g/mol. The molecular weight excluding hydrogens is 292 g/mol. The smallest absolute Gasteiger partial charge is 0.220 e. The van der Waals surface area contributed by atoms with Crippen LogP contribution in [0.2, 0.25) is 0 Å². The molecule has 0 unspecified atom stereocenters. The summed E-state index contributed by atoms with van der Waals surface area (Å²) in [5.74, 6) is 0.477. The molecule has 1 rings (SSSR count). The molecule has 6 heteroatoms. The van der Waals surface area contributed by atoms with Gasteiger partial charge in [0.25, 0.3) is 0 Å². The van der Waals surface area contributed by atoms with Gasteiger partial charge in [0, 0.05) is 30.5 Å². The summed E-state index contributed by atoms with van der Waals surface area (Å²) < 4.78 is 5.02. The maximum absolute atomic E-state index is 11.9. The van der Waals surface area contributed by atoms with Crippen molar-refractivity contribution in [1.29, 1.82) is 0 Å². The maximum Gasteiger partial charge on any atom is 0.220 e. The molecule has 0 aromatic heterocycles. The Morgan fingerprint density at radius 3 is 2.24 bits per heavy atom. The number of benzene rings is 1. The van der Waals surface area contributed by atoms with Crippen LogP contribution < -0.4 is 15.8 Å². The van der Waals surface area contributed by atoms with Crippen LogP contribution in [0.25, 0.3) is 0 Å². The minimum absolute atomic E-state index is 0. The van der Waals surface area contributed by atoms with E-state index < -0.39 is 5.54 Å². The molecule has 1 aromatic carbocycles. The molecule has 1 amide bonds. The van der Waals surface area contributed by atoms with Crippen LogP contribution in [0.1, 0.15) is 37.0 Å². The van der Waals surface area contributed by atoms with Gasteiger partial charge in [0.15, 0.2) is 5.78 Å². The Hall–Kier alpha value is -1.59. The molecule has 118 valence electrons. The SMILES string of the molecule is COc1ccc(C(=O)CCC(=O)NCC(C)(C)N)cc1.Cl. The fourth-order valence-electron chi connectivity index (χ4n) is 1.56. The van der Waals surface area contributed by atoms with E-state index >= 15 is 0 Å². The van der Waals surface area contributed by atoms with Crippen molar-refractivity contribution < 1.29 is 14.3 Å². The third-order valence-corrected chi connectivity index (χ3v) is 2.73.